The van der Waals surface area contributed by atoms with Crippen LogP contribution in [0.3, 0.4) is 0 Å². The van der Waals surface area contributed by atoms with E-state index in [2.05, 4.69) is 4.98 Å². The van der Waals surface area contributed by atoms with Gasteiger partial charge in [-0.15, -0.1) is 0 Å². The van der Waals surface area contributed by atoms with Crippen molar-refractivity contribution < 1.29 is 9.84 Å². The summed E-state index contributed by atoms with van der Waals surface area (Å²) in [5.74, 6) is 0.998. The van der Waals surface area contributed by atoms with Gasteiger partial charge in [0.25, 0.3) is 0 Å². The molecule has 0 spiro atoms. The highest BCUT2D eigenvalue weighted by Crippen LogP contribution is 2.34. The summed E-state index contributed by atoms with van der Waals surface area (Å²) in [7, 11) is 0. The van der Waals surface area contributed by atoms with E-state index in [9.17, 15) is 0 Å². The third kappa shape index (κ3) is 0.975. The summed E-state index contributed by atoms with van der Waals surface area (Å²) in [4.78, 5) is 4.11. The average Bonchev–Trinajstić information content (AvgIpc) is 2.49. The molecule has 3 heteroatoms. The summed E-state index contributed by atoms with van der Waals surface area (Å²) >= 11 is 0. The summed E-state index contributed by atoms with van der Waals surface area (Å²) in [6.07, 6.45) is 1.76. The molecule has 0 fully saturated rings. The standard InChI is InChI=1S/C9H11NO2/c1-6-9-8(2-3-10-6)7(4-11)5-12-9/h2-3,7,11H,4-5H2,1H3. The van der Waals surface area contributed by atoms with Crippen molar-refractivity contribution >= 4 is 0 Å². The van der Waals surface area contributed by atoms with Crippen LogP contribution in [0.1, 0.15) is 17.2 Å². The summed E-state index contributed by atoms with van der Waals surface area (Å²) in [6, 6.07) is 1.91. The molecule has 1 N–H and O–H groups in total. The van der Waals surface area contributed by atoms with E-state index in [1.54, 1.807) is 6.20 Å². The molecule has 1 aromatic heterocycles. The zero-order valence-electron chi connectivity index (χ0n) is 6.95. The number of hydrogen-bond acceptors (Lipinski definition) is 3. The van der Waals surface area contributed by atoms with E-state index in [0.717, 1.165) is 17.0 Å². The Kier molecular flexibility index (Phi) is 1.73. The minimum Gasteiger partial charge on any atom is -0.491 e. The van der Waals surface area contributed by atoms with Crippen LogP contribution in [0.15, 0.2) is 12.3 Å². The Balaban J connectivity index is 2.46. The molecule has 0 bridgehead atoms. The Hall–Kier alpha value is -1.09. The molecule has 0 aliphatic carbocycles. The van der Waals surface area contributed by atoms with Crippen molar-refractivity contribution in [2.24, 2.45) is 0 Å². The topological polar surface area (TPSA) is 42.4 Å². The van der Waals surface area contributed by atoms with Gasteiger partial charge in [0.1, 0.15) is 5.75 Å². The molecule has 0 saturated heterocycles. The minimum atomic E-state index is 0.140. The molecule has 1 unspecified atom stereocenters. The number of aliphatic hydroxyl groups is 1. The number of aliphatic hydroxyl groups excluding tert-OH is 1. The van der Waals surface area contributed by atoms with E-state index in [1.807, 2.05) is 13.0 Å². The molecule has 1 atom stereocenters. The number of ether oxygens (including phenoxy) is 1. The summed E-state index contributed by atoms with van der Waals surface area (Å²) in [6.45, 7) is 2.65. The lowest BCUT2D eigenvalue weighted by atomic mass is 10.0. The van der Waals surface area contributed by atoms with Crippen molar-refractivity contribution in [2.45, 2.75) is 12.8 Å². The SMILES string of the molecule is Cc1nccc2c1OCC2CO. The third-order valence-electron chi connectivity index (χ3n) is 2.20. The predicted molar refractivity (Wildman–Crippen MR) is 44.3 cm³/mol. The van der Waals surface area contributed by atoms with Gasteiger partial charge in [-0.1, -0.05) is 0 Å². The number of fused-ring (bicyclic) bond motifs is 1. The third-order valence-corrected chi connectivity index (χ3v) is 2.20. The molecule has 1 aliphatic heterocycles. The van der Waals surface area contributed by atoms with Crippen molar-refractivity contribution in [3.63, 3.8) is 0 Å². The van der Waals surface area contributed by atoms with Crippen LogP contribution >= 0.6 is 0 Å². The highest BCUT2D eigenvalue weighted by Gasteiger charge is 2.24. The molecule has 0 aromatic carbocycles. The summed E-state index contributed by atoms with van der Waals surface area (Å²) < 4.78 is 5.41. The van der Waals surface area contributed by atoms with Gasteiger partial charge in [0.05, 0.1) is 18.9 Å². The van der Waals surface area contributed by atoms with Crippen molar-refractivity contribution in [3.05, 3.63) is 23.5 Å². The first kappa shape index (κ1) is 7.55. The Morgan fingerprint density at radius 1 is 1.75 bits per heavy atom. The van der Waals surface area contributed by atoms with Crippen molar-refractivity contribution in [1.29, 1.82) is 0 Å². The number of aromatic nitrogens is 1. The number of hydrogen-bond donors (Lipinski definition) is 1. The van der Waals surface area contributed by atoms with Crippen molar-refractivity contribution in [2.75, 3.05) is 13.2 Å². The lowest BCUT2D eigenvalue weighted by Gasteiger charge is -2.02. The molecule has 0 saturated carbocycles. The van der Waals surface area contributed by atoms with Crippen LogP contribution in [-0.2, 0) is 0 Å². The zero-order chi connectivity index (χ0) is 8.55. The Morgan fingerprint density at radius 3 is 3.33 bits per heavy atom. The van der Waals surface area contributed by atoms with Crippen LogP contribution in [0.5, 0.6) is 5.75 Å². The lowest BCUT2D eigenvalue weighted by Crippen LogP contribution is -2.04. The van der Waals surface area contributed by atoms with E-state index in [1.165, 1.54) is 0 Å². The minimum absolute atomic E-state index is 0.140. The fourth-order valence-electron chi connectivity index (χ4n) is 1.51. The number of pyridine rings is 1. The zero-order valence-corrected chi connectivity index (χ0v) is 6.95. The Morgan fingerprint density at radius 2 is 2.58 bits per heavy atom. The molecule has 1 aromatic rings. The molecule has 2 heterocycles. The number of rotatable bonds is 1. The van der Waals surface area contributed by atoms with Crippen LogP contribution in [0.25, 0.3) is 0 Å². The van der Waals surface area contributed by atoms with Gasteiger partial charge in [0.15, 0.2) is 0 Å². The number of nitrogens with zero attached hydrogens (tertiary/aromatic N) is 1. The molecular formula is C9H11NO2. The van der Waals surface area contributed by atoms with E-state index >= 15 is 0 Å². The molecule has 12 heavy (non-hydrogen) atoms. The summed E-state index contributed by atoms with van der Waals surface area (Å²) in [5, 5.41) is 9.00. The van der Waals surface area contributed by atoms with Crippen LogP contribution in [0.2, 0.25) is 0 Å². The van der Waals surface area contributed by atoms with Gasteiger partial charge in [-0.05, 0) is 13.0 Å². The molecule has 1 aliphatic rings. The maximum Gasteiger partial charge on any atom is 0.144 e. The quantitative estimate of drug-likeness (QED) is 0.671. The van der Waals surface area contributed by atoms with Crippen LogP contribution < -0.4 is 4.74 Å². The molecule has 3 nitrogen and oxygen atoms in total. The average molecular weight is 165 g/mol. The molecule has 0 radical (unpaired) electrons. The highest BCUT2D eigenvalue weighted by atomic mass is 16.5. The van der Waals surface area contributed by atoms with Gasteiger partial charge < -0.3 is 9.84 Å². The normalized spacial score (nSPS) is 20.3. The maximum atomic E-state index is 9.00. The lowest BCUT2D eigenvalue weighted by molar-refractivity contribution is 0.231. The van der Waals surface area contributed by atoms with Crippen LogP contribution in [0.4, 0.5) is 0 Å². The van der Waals surface area contributed by atoms with E-state index < -0.39 is 0 Å². The first-order valence-corrected chi connectivity index (χ1v) is 4.02. The van der Waals surface area contributed by atoms with Gasteiger partial charge in [-0.2, -0.15) is 0 Å². The molecular weight excluding hydrogens is 154 g/mol. The predicted octanol–water partition coefficient (Wildman–Crippen LogP) is 0.858. The molecule has 0 amide bonds. The second kappa shape index (κ2) is 2.75. The molecule has 64 valence electrons. The first-order valence-electron chi connectivity index (χ1n) is 4.02. The van der Waals surface area contributed by atoms with Crippen LogP contribution in [0, 0.1) is 6.92 Å². The molecule has 2 rings (SSSR count). The second-order valence-electron chi connectivity index (χ2n) is 3.01. The van der Waals surface area contributed by atoms with Crippen molar-refractivity contribution in [1.82, 2.24) is 4.98 Å². The van der Waals surface area contributed by atoms with Gasteiger partial charge in [0.2, 0.25) is 0 Å². The van der Waals surface area contributed by atoms with Crippen molar-refractivity contribution in [3.8, 4) is 5.75 Å². The largest absolute Gasteiger partial charge is 0.491 e. The van der Waals surface area contributed by atoms with E-state index in [4.69, 9.17) is 9.84 Å². The monoisotopic (exact) mass is 165 g/mol. The maximum absolute atomic E-state index is 9.00. The number of aryl methyl sites for hydroxylation is 1. The fraction of sp³-hybridized carbons (Fsp3) is 0.444. The van der Waals surface area contributed by atoms with Gasteiger partial charge >= 0.3 is 0 Å². The van der Waals surface area contributed by atoms with Gasteiger partial charge in [-0.25, -0.2) is 0 Å². The highest BCUT2D eigenvalue weighted by molar-refractivity contribution is 5.42. The van der Waals surface area contributed by atoms with Gasteiger partial charge in [-0.3, -0.25) is 4.98 Å². The second-order valence-corrected chi connectivity index (χ2v) is 3.01. The fourth-order valence-corrected chi connectivity index (χ4v) is 1.51. The Bertz CT molecular complexity index is 299. The van der Waals surface area contributed by atoms with E-state index in [0.29, 0.717) is 6.61 Å². The van der Waals surface area contributed by atoms with Gasteiger partial charge in [0, 0.05) is 17.7 Å². The summed E-state index contributed by atoms with van der Waals surface area (Å²) in [5.41, 5.74) is 1.99. The Labute approximate surface area is 71.0 Å². The van der Waals surface area contributed by atoms with E-state index in [-0.39, 0.29) is 12.5 Å². The van der Waals surface area contributed by atoms with Crippen LogP contribution in [-0.4, -0.2) is 23.3 Å². The first-order chi connectivity index (χ1) is 5.83. The smallest absolute Gasteiger partial charge is 0.144 e.